The Bertz CT molecular complexity index is 660. The van der Waals surface area contributed by atoms with Gasteiger partial charge < -0.3 is 15.8 Å². The highest BCUT2D eigenvalue weighted by atomic mass is 79.9. The Morgan fingerprint density at radius 3 is 2.12 bits per heavy atom. The third-order valence-corrected chi connectivity index (χ3v) is 3.75. The fourth-order valence-electron chi connectivity index (χ4n) is 1.85. The molecular weight excluding hydrogens is 394 g/mol. The van der Waals surface area contributed by atoms with Gasteiger partial charge in [-0.25, -0.2) is 9.59 Å². The largest absolute Gasteiger partial charge is 0.451 e. The number of nitrogens with two attached hydrogens (primary N) is 1. The molecular formula is C16H20BrN3O5. The molecule has 2 atom stereocenters. The van der Waals surface area contributed by atoms with Crippen molar-refractivity contribution < 1.29 is 23.9 Å². The Hall–Kier alpha value is -2.42. The average molecular weight is 414 g/mol. The minimum absolute atomic E-state index is 0.279. The van der Waals surface area contributed by atoms with E-state index in [1.165, 1.54) is 6.92 Å². The molecule has 0 saturated heterocycles. The molecule has 4 amide bonds. The molecule has 0 saturated carbocycles. The van der Waals surface area contributed by atoms with Crippen LogP contribution in [0.1, 0.15) is 31.1 Å². The molecule has 1 aromatic carbocycles. The number of imide groups is 1. The predicted molar refractivity (Wildman–Crippen MR) is 93.5 cm³/mol. The summed E-state index contributed by atoms with van der Waals surface area (Å²) in [5.74, 6) is -2.36. The molecule has 0 spiro atoms. The number of carbonyl (C=O) groups excluding carboxylic acids is 4. The molecule has 8 nitrogen and oxygen atoms in total. The molecule has 1 aromatic rings. The van der Waals surface area contributed by atoms with Gasteiger partial charge in [0.05, 0.1) is 0 Å². The van der Waals surface area contributed by atoms with Crippen LogP contribution < -0.4 is 16.4 Å². The highest BCUT2D eigenvalue weighted by molar-refractivity contribution is 9.10. The monoisotopic (exact) mass is 413 g/mol. The number of hydrogen-bond acceptors (Lipinski definition) is 5. The summed E-state index contributed by atoms with van der Waals surface area (Å²) in [5.41, 5.74) is 5.22. The quantitative estimate of drug-likeness (QED) is 0.606. The second kappa shape index (κ2) is 9.16. The third-order valence-electron chi connectivity index (χ3n) is 3.22. The van der Waals surface area contributed by atoms with Gasteiger partial charge in [-0.15, -0.1) is 0 Å². The number of hydrogen-bond donors (Lipinski definition) is 3. The highest BCUT2D eigenvalue weighted by Crippen LogP contribution is 2.12. The number of esters is 1. The third kappa shape index (κ3) is 6.54. The maximum absolute atomic E-state index is 12.3. The number of ether oxygens (including phenoxy) is 1. The van der Waals surface area contributed by atoms with Crippen LogP contribution in [0.2, 0.25) is 0 Å². The molecule has 0 fully saturated rings. The van der Waals surface area contributed by atoms with Crippen molar-refractivity contribution in [2.75, 3.05) is 0 Å². The summed E-state index contributed by atoms with van der Waals surface area (Å²) >= 11 is 3.27. The Morgan fingerprint density at radius 1 is 1.08 bits per heavy atom. The van der Waals surface area contributed by atoms with Crippen LogP contribution in [0.4, 0.5) is 4.79 Å². The zero-order chi connectivity index (χ0) is 19.1. The van der Waals surface area contributed by atoms with E-state index in [1.807, 2.05) is 5.32 Å². The number of amides is 4. The van der Waals surface area contributed by atoms with Crippen molar-refractivity contribution in [2.24, 2.45) is 11.7 Å². The van der Waals surface area contributed by atoms with Crippen molar-refractivity contribution in [2.45, 2.75) is 32.9 Å². The van der Waals surface area contributed by atoms with E-state index in [0.717, 1.165) is 4.47 Å². The van der Waals surface area contributed by atoms with Gasteiger partial charge in [0.25, 0.3) is 11.8 Å². The van der Waals surface area contributed by atoms with Gasteiger partial charge in [-0.3, -0.25) is 14.9 Å². The number of rotatable bonds is 6. The van der Waals surface area contributed by atoms with Gasteiger partial charge in [0.2, 0.25) is 0 Å². The first-order chi connectivity index (χ1) is 11.6. The van der Waals surface area contributed by atoms with Gasteiger partial charge >= 0.3 is 12.0 Å². The lowest BCUT2D eigenvalue weighted by atomic mass is 10.0. The second-order valence-corrected chi connectivity index (χ2v) is 6.55. The smallest absolute Gasteiger partial charge is 0.329 e. The summed E-state index contributed by atoms with van der Waals surface area (Å²) in [7, 11) is 0. The van der Waals surface area contributed by atoms with Gasteiger partial charge in [0.1, 0.15) is 6.04 Å². The molecule has 1 rings (SSSR count). The summed E-state index contributed by atoms with van der Waals surface area (Å²) in [6, 6.07) is 4.61. The minimum atomic E-state index is -1.23. The van der Waals surface area contributed by atoms with Crippen LogP contribution in [0.5, 0.6) is 0 Å². The second-order valence-electron chi connectivity index (χ2n) is 5.63. The molecule has 0 aliphatic rings. The van der Waals surface area contributed by atoms with E-state index in [0.29, 0.717) is 5.56 Å². The number of benzene rings is 1. The maximum atomic E-state index is 12.3. The highest BCUT2D eigenvalue weighted by Gasteiger charge is 2.29. The number of urea groups is 1. The van der Waals surface area contributed by atoms with Gasteiger partial charge in [0.15, 0.2) is 6.10 Å². The first-order valence-electron chi connectivity index (χ1n) is 7.49. The van der Waals surface area contributed by atoms with E-state index < -0.39 is 36.0 Å². The van der Waals surface area contributed by atoms with Crippen molar-refractivity contribution in [1.82, 2.24) is 10.6 Å². The van der Waals surface area contributed by atoms with Gasteiger partial charge in [0, 0.05) is 10.0 Å². The van der Waals surface area contributed by atoms with Crippen molar-refractivity contribution in [3.63, 3.8) is 0 Å². The standard InChI is InChI=1S/C16H20BrN3O5/c1-8(2)12(15(23)25-9(3)13(21)20-16(18)24)19-14(22)10-4-6-11(17)7-5-10/h4-9,12H,1-3H3,(H,19,22)(H3,18,20,21,24)/t9-,12+/m1/s1. The van der Waals surface area contributed by atoms with E-state index >= 15 is 0 Å². The van der Waals surface area contributed by atoms with Crippen LogP contribution in [-0.4, -0.2) is 36.0 Å². The van der Waals surface area contributed by atoms with Crippen LogP contribution in [0, 0.1) is 5.92 Å². The fourth-order valence-corrected chi connectivity index (χ4v) is 2.11. The molecule has 0 heterocycles. The molecule has 25 heavy (non-hydrogen) atoms. The van der Waals surface area contributed by atoms with E-state index in [1.54, 1.807) is 38.1 Å². The van der Waals surface area contributed by atoms with Crippen molar-refractivity contribution >= 4 is 39.7 Å². The summed E-state index contributed by atoms with van der Waals surface area (Å²) in [6.45, 7) is 4.74. The van der Waals surface area contributed by atoms with Crippen LogP contribution in [0.15, 0.2) is 28.7 Å². The van der Waals surface area contributed by atoms with Crippen molar-refractivity contribution in [3.8, 4) is 0 Å². The summed E-state index contributed by atoms with van der Waals surface area (Å²) in [5, 5.41) is 4.40. The lowest BCUT2D eigenvalue weighted by molar-refractivity contribution is -0.157. The summed E-state index contributed by atoms with van der Waals surface area (Å²) in [6.07, 6.45) is -1.23. The zero-order valence-electron chi connectivity index (χ0n) is 14.0. The van der Waals surface area contributed by atoms with E-state index in [4.69, 9.17) is 10.5 Å². The van der Waals surface area contributed by atoms with Crippen LogP contribution in [-0.2, 0) is 14.3 Å². The molecule has 0 aliphatic carbocycles. The van der Waals surface area contributed by atoms with Crippen molar-refractivity contribution in [3.05, 3.63) is 34.3 Å². The molecule has 0 aliphatic heterocycles. The van der Waals surface area contributed by atoms with Gasteiger partial charge in [-0.1, -0.05) is 29.8 Å². The molecule has 136 valence electrons. The molecule has 0 unspecified atom stereocenters. The van der Waals surface area contributed by atoms with E-state index in [2.05, 4.69) is 21.2 Å². The molecule has 9 heteroatoms. The lowest BCUT2D eigenvalue weighted by Gasteiger charge is -2.22. The molecule has 0 aromatic heterocycles. The Balaban J connectivity index is 2.76. The maximum Gasteiger partial charge on any atom is 0.329 e. The number of nitrogens with one attached hydrogen (secondary N) is 2. The minimum Gasteiger partial charge on any atom is -0.451 e. The Labute approximate surface area is 153 Å². The SMILES string of the molecule is CC(C)[C@H](NC(=O)c1ccc(Br)cc1)C(=O)O[C@H](C)C(=O)NC(N)=O. The topological polar surface area (TPSA) is 128 Å². The first-order valence-corrected chi connectivity index (χ1v) is 8.28. The average Bonchev–Trinajstić information content (AvgIpc) is 2.51. The lowest BCUT2D eigenvalue weighted by Crippen LogP contribution is -2.48. The molecule has 0 bridgehead atoms. The van der Waals surface area contributed by atoms with Crippen molar-refractivity contribution in [1.29, 1.82) is 0 Å². The molecule has 0 radical (unpaired) electrons. The summed E-state index contributed by atoms with van der Waals surface area (Å²) in [4.78, 5) is 46.8. The number of halogens is 1. The van der Waals surface area contributed by atoms with Crippen LogP contribution >= 0.6 is 15.9 Å². The normalized spacial score (nSPS) is 12.8. The van der Waals surface area contributed by atoms with Gasteiger partial charge in [-0.05, 0) is 37.1 Å². The summed E-state index contributed by atoms with van der Waals surface area (Å²) < 4.78 is 5.83. The number of carbonyl (C=O) groups is 4. The Kier molecular flexibility index (Phi) is 7.56. The fraction of sp³-hybridized carbons (Fsp3) is 0.375. The van der Waals surface area contributed by atoms with Crippen LogP contribution in [0.3, 0.4) is 0 Å². The number of primary amides is 1. The van der Waals surface area contributed by atoms with E-state index in [9.17, 15) is 19.2 Å². The van der Waals surface area contributed by atoms with E-state index in [-0.39, 0.29) is 5.92 Å². The van der Waals surface area contributed by atoms with Gasteiger partial charge in [-0.2, -0.15) is 0 Å². The van der Waals surface area contributed by atoms with Crippen LogP contribution in [0.25, 0.3) is 0 Å². The first kappa shape index (κ1) is 20.6. The zero-order valence-corrected chi connectivity index (χ0v) is 15.6. The predicted octanol–water partition coefficient (Wildman–Crippen LogP) is 1.33. The Morgan fingerprint density at radius 2 is 1.64 bits per heavy atom. The molecule has 4 N–H and O–H groups in total.